The summed E-state index contributed by atoms with van der Waals surface area (Å²) in [7, 11) is 0. The van der Waals surface area contributed by atoms with Crippen LogP contribution in [0.15, 0.2) is 59.1 Å². The molecule has 6 heteroatoms. The molecule has 3 rings (SSSR count). The maximum Gasteiger partial charge on any atom is 0.331 e. The van der Waals surface area contributed by atoms with Crippen molar-refractivity contribution in [1.29, 1.82) is 0 Å². The Kier molecular flexibility index (Phi) is 6.57. The highest BCUT2D eigenvalue weighted by atomic mass is 16.6. The molecule has 0 aliphatic rings. The molecule has 0 saturated heterocycles. The van der Waals surface area contributed by atoms with E-state index in [1.54, 1.807) is 6.08 Å². The van der Waals surface area contributed by atoms with E-state index in [0.29, 0.717) is 18.2 Å². The topological polar surface area (TPSA) is 74.5 Å². The van der Waals surface area contributed by atoms with Crippen LogP contribution in [0.4, 0.5) is 0 Å². The van der Waals surface area contributed by atoms with E-state index >= 15 is 0 Å². The molecule has 0 unspecified atom stereocenters. The van der Waals surface area contributed by atoms with Gasteiger partial charge in [-0.2, -0.15) is 4.98 Å². The molecule has 28 heavy (non-hydrogen) atoms. The Morgan fingerprint density at radius 1 is 1.11 bits per heavy atom. The molecule has 0 atom stereocenters. The van der Waals surface area contributed by atoms with E-state index in [9.17, 15) is 4.79 Å². The van der Waals surface area contributed by atoms with Crippen molar-refractivity contribution in [2.24, 2.45) is 0 Å². The lowest BCUT2D eigenvalue weighted by atomic mass is 10.1. The molecule has 0 aliphatic heterocycles. The number of esters is 1. The summed E-state index contributed by atoms with van der Waals surface area (Å²) in [6.07, 6.45) is 3.97. The van der Waals surface area contributed by atoms with Crippen LogP contribution in [0, 0.1) is 0 Å². The zero-order valence-corrected chi connectivity index (χ0v) is 15.9. The number of carbonyl (C=O) groups excluding carboxylic acids is 1. The molecular weight excluding hydrogens is 356 g/mol. The molecule has 3 aromatic rings. The maximum atomic E-state index is 12.0. The smallest absolute Gasteiger partial charge is 0.331 e. The number of aryl methyl sites for hydroxylation is 1. The van der Waals surface area contributed by atoms with Crippen LogP contribution < -0.4 is 4.74 Å². The number of hydrogen-bond donors (Lipinski definition) is 0. The van der Waals surface area contributed by atoms with Crippen LogP contribution in [-0.4, -0.2) is 22.7 Å². The third kappa shape index (κ3) is 5.07. The second kappa shape index (κ2) is 9.50. The fourth-order valence-corrected chi connectivity index (χ4v) is 2.56. The molecule has 0 radical (unpaired) electrons. The van der Waals surface area contributed by atoms with Gasteiger partial charge in [-0.05, 0) is 31.1 Å². The Morgan fingerprint density at radius 2 is 1.89 bits per heavy atom. The molecule has 0 N–H and O–H groups in total. The Hall–Kier alpha value is -3.41. The van der Waals surface area contributed by atoms with Gasteiger partial charge in [0.2, 0.25) is 5.82 Å². The Balaban J connectivity index is 1.57. The second-order valence-corrected chi connectivity index (χ2v) is 5.97. The highest BCUT2D eigenvalue weighted by Crippen LogP contribution is 2.20. The zero-order valence-electron chi connectivity index (χ0n) is 15.9. The van der Waals surface area contributed by atoms with Crippen LogP contribution in [0.5, 0.6) is 5.75 Å². The lowest BCUT2D eigenvalue weighted by Crippen LogP contribution is -2.01. The average Bonchev–Trinajstić information content (AvgIpc) is 3.21. The SMILES string of the molecule is CCOc1ccccc1/C=C/C(=O)OCc1nc(-c2ccc(CC)cc2)no1. The summed E-state index contributed by atoms with van der Waals surface area (Å²) >= 11 is 0. The molecule has 0 aliphatic carbocycles. The van der Waals surface area contributed by atoms with E-state index < -0.39 is 5.97 Å². The summed E-state index contributed by atoms with van der Waals surface area (Å²) < 4.78 is 15.9. The predicted molar refractivity (Wildman–Crippen MR) is 106 cm³/mol. The molecule has 1 heterocycles. The molecule has 6 nitrogen and oxygen atoms in total. The van der Waals surface area contributed by atoms with Crippen molar-refractivity contribution in [2.45, 2.75) is 26.9 Å². The van der Waals surface area contributed by atoms with E-state index in [-0.39, 0.29) is 12.5 Å². The fraction of sp³-hybridized carbons (Fsp3) is 0.227. The first-order chi connectivity index (χ1) is 13.7. The summed E-state index contributed by atoms with van der Waals surface area (Å²) in [5, 5.41) is 3.93. The van der Waals surface area contributed by atoms with E-state index in [1.165, 1.54) is 11.6 Å². The first-order valence-corrected chi connectivity index (χ1v) is 9.18. The number of para-hydroxylation sites is 1. The highest BCUT2D eigenvalue weighted by molar-refractivity contribution is 5.87. The summed E-state index contributed by atoms with van der Waals surface area (Å²) in [5.41, 5.74) is 2.89. The van der Waals surface area contributed by atoms with Gasteiger partial charge < -0.3 is 14.0 Å². The first kappa shape index (κ1) is 19.4. The molecule has 144 valence electrons. The predicted octanol–water partition coefficient (Wildman–Crippen LogP) is 4.45. The van der Waals surface area contributed by atoms with Gasteiger partial charge in [0.05, 0.1) is 6.61 Å². The van der Waals surface area contributed by atoms with E-state index in [0.717, 1.165) is 17.5 Å². The van der Waals surface area contributed by atoms with Crippen molar-refractivity contribution >= 4 is 12.0 Å². The van der Waals surface area contributed by atoms with Crippen molar-refractivity contribution in [2.75, 3.05) is 6.61 Å². The average molecular weight is 378 g/mol. The third-order valence-electron chi connectivity index (χ3n) is 4.04. The number of hydrogen-bond acceptors (Lipinski definition) is 6. The third-order valence-corrected chi connectivity index (χ3v) is 4.04. The van der Waals surface area contributed by atoms with Crippen molar-refractivity contribution in [1.82, 2.24) is 10.1 Å². The van der Waals surface area contributed by atoms with E-state index in [4.69, 9.17) is 14.0 Å². The fourth-order valence-electron chi connectivity index (χ4n) is 2.56. The summed E-state index contributed by atoms with van der Waals surface area (Å²) in [6.45, 7) is 4.47. The summed E-state index contributed by atoms with van der Waals surface area (Å²) in [4.78, 5) is 16.2. The van der Waals surface area contributed by atoms with Gasteiger partial charge in [0.1, 0.15) is 5.75 Å². The van der Waals surface area contributed by atoms with Gasteiger partial charge in [-0.15, -0.1) is 0 Å². The highest BCUT2D eigenvalue weighted by Gasteiger charge is 2.10. The Bertz CT molecular complexity index is 945. The quantitative estimate of drug-likeness (QED) is 0.426. The van der Waals surface area contributed by atoms with Crippen molar-refractivity contribution < 1.29 is 18.8 Å². The Labute approximate surface area is 163 Å². The second-order valence-electron chi connectivity index (χ2n) is 5.97. The molecular formula is C22H22N2O4. The lowest BCUT2D eigenvalue weighted by Gasteiger charge is -2.06. The van der Waals surface area contributed by atoms with Gasteiger partial charge >= 0.3 is 5.97 Å². The normalized spacial score (nSPS) is 10.9. The first-order valence-electron chi connectivity index (χ1n) is 9.18. The molecule has 0 saturated carbocycles. The molecule has 0 bridgehead atoms. The monoisotopic (exact) mass is 378 g/mol. The van der Waals surface area contributed by atoms with Crippen molar-refractivity contribution in [3.63, 3.8) is 0 Å². The van der Waals surface area contributed by atoms with Gasteiger partial charge in [-0.3, -0.25) is 0 Å². The maximum absolute atomic E-state index is 12.0. The van der Waals surface area contributed by atoms with Crippen LogP contribution >= 0.6 is 0 Å². The van der Waals surface area contributed by atoms with Crippen molar-refractivity contribution in [3.05, 3.63) is 71.6 Å². The molecule has 0 spiro atoms. The van der Waals surface area contributed by atoms with Crippen LogP contribution in [0.1, 0.15) is 30.9 Å². The number of rotatable bonds is 8. The number of ether oxygens (including phenoxy) is 2. The minimum Gasteiger partial charge on any atom is -0.493 e. The van der Waals surface area contributed by atoms with E-state index in [1.807, 2.05) is 55.5 Å². The minimum absolute atomic E-state index is 0.0870. The summed E-state index contributed by atoms with van der Waals surface area (Å²) in [5.74, 6) is 0.920. The van der Waals surface area contributed by atoms with Gasteiger partial charge in [0.15, 0.2) is 6.61 Å². The largest absolute Gasteiger partial charge is 0.493 e. The van der Waals surface area contributed by atoms with Crippen LogP contribution in [0.3, 0.4) is 0 Å². The van der Waals surface area contributed by atoms with Crippen LogP contribution in [0.25, 0.3) is 17.5 Å². The Morgan fingerprint density at radius 3 is 2.64 bits per heavy atom. The molecule has 2 aromatic carbocycles. The van der Waals surface area contributed by atoms with Crippen LogP contribution in [-0.2, 0) is 22.6 Å². The minimum atomic E-state index is -0.502. The number of carbonyl (C=O) groups is 1. The van der Waals surface area contributed by atoms with Gasteiger partial charge in [0, 0.05) is 17.2 Å². The van der Waals surface area contributed by atoms with Crippen molar-refractivity contribution in [3.8, 4) is 17.1 Å². The molecule has 0 amide bonds. The number of aromatic nitrogens is 2. The molecule has 1 aromatic heterocycles. The lowest BCUT2D eigenvalue weighted by molar-refractivity contribution is -0.139. The summed E-state index contributed by atoms with van der Waals surface area (Å²) in [6, 6.07) is 15.4. The van der Waals surface area contributed by atoms with Gasteiger partial charge in [-0.25, -0.2) is 4.79 Å². The zero-order chi connectivity index (χ0) is 19.8. The van der Waals surface area contributed by atoms with Crippen LogP contribution in [0.2, 0.25) is 0 Å². The standard InChI is InChI=1S/C22H22N2O4/c1-3-16-9-11-18(12-10-16)22-23-20(28-24-22)15-27-21(25)14-13-17-7-5-6-8-19(17)26-4-2/h5-14H,3-4,15H2,1-2H3/b14-13+. The van der Waals surface area contributed by atoms with Gasteiger partial charge in [0.25, 0.3) is 5.89 Å². The number of nitrogens with zero attached hydrogens (tertiary/aromatic N) is 2. The molecule has 0 fully saturated rings. The van der Waals surface area contributed by atoms with Gasteiger partial charge in [-0.1, -0.05) is 54.5 Å². The number of benzene rings is 2. The van der Waals surface area contributed by atoms with E-state index in [2.05, 4.69) is 17.1 Å².